The summed E-state index contributed by atoms with van der Waals surface area (Å²) < 4.78 is 0. The molecule has 0 spiro atoms. The Morgan fingerprint density at radius 3 is 1.62 bits per heavy atom. The molecule has 0 aromatic heterocycles. The average molecular weight is 287 g/mol. The fraction of sp³-hybridized carbons (Fsp3) is 0.700. The molecular formula is C20H33N. The van der Waals surface area contributed by atoms with Crippen molar-refractivity contribution in [2.24, 2.45) is 0 Å². The van der Waals surface area contributed by atoms with Crippen LogP contribution in [0.2, 0.25) is 0 Å². The zero-order valence-electron chi connectivity index (χ0n) is 15.1. The first-order chi connectivity index (χ1) is 9.59. The van der Waals surface area contributed by atoms with Crippen molar-refractivity contribution in [3.8, 4) is 0 Å². The van der Waals surface area contributed by atoms with Crippen molar-refractivity contribution in [2.45, 2.75) is 84.1 Å². The zero-order valence-corrected chi connectivity index (χ0v) is 15.1. The van der Waals surface area contributed by atoms with Crippen LogP contribution in [0.4, 0.5) is 5.69 Å². The lowest BCUT2D eigenvalue weighted by molar-refractivity contribution is 0.566. The molecular weight excluding hydrogens is 254 g/mol. The van der Waals surface area contributed by atoms with Gasteiger partial charge >= 0.3 is 0 Å². The Balaban J connectivity index is 2.44. The Morgan fingerprint density at radius 1 is 0.810 bits per heavy atom. The van der Waals surface area contributed by atoms with Crippen molar-refractivity contribution in [3.63, 3.8) is 0 Å². The highest BCUT2D eigenvalue weighted by Gasteiger charge is 2.24. The summed E-state index contributed by atoms with van der Waals surface area (Å²) in [5.41, 5.74) is 4.71. The van der Waals surface area contributed by atoms with Crippen LogP contribution in [-0.4, -0.2) is 13.1 Å². The van der Waals surface area contributed by atoms with E-state index in [2.05, 4.69) is 71.7 Å². The normalized spacial score (nSPS) is 17.3. The summed E-state index contributed by atoms with van der Waals surface area (Å²) in [4.78, 5) is 2.53. The number of nitrogens with zero attached hydrogens (tertiary/aromatic N) is 1. The molecule has 0 amide bonds. The first-order valence-corrected chi connectivity index (χ1v) is 8.48. The molecule has 1 fully saturated rings. The van der Waals surface area contributed by atoms with Crippen LogP contribution in [0.25, 0.3) is 0 Å². The van der Waals surface area contributed by atoms with E-state index in [0.29, 0.717) is 0 Å². The summed E-state index contributed by atoms with van der Waals surface area (Å²) in [5, 5.41) is 0. The van der Waals surface area contributed by atoms with Gasteiger partial charge in [0.15, 0.2) is 0 Å². The molecule has 0 radical (unpaired) electrons. The summed E-state index contributed by atoms with van der Waals surface area (Å²) in [5.74, 6) is 0. The molecule has 1 aromatic carbocycles. The summed E-state index contributed by atoms with van der Waals surface area (Å²) in [6.45, 7) is 13.9. The smallest absolute Gasteiger partial charge is 0.0372 e. The van der Waals surface area contributed by atoms with Gasteiger partial charge in [-0.1, -0.05) is 60.5 Å². The lowest BCUT2D eigenvalue weighted by atomic mass is 9.80. The van der Waals surface area contributed by atoms with Crippen LogP contribution in [0.15, 0.2) is 18.2 Å². The SMILES string of the molecule is CN(c1cc(C(C)(C)C)cc(C(C)(C)C)c1)C1CCCC1. The molecule has 0 saturated heterocycles. The highest BCUT2D eigenvalue weighted by Crippen LogP contribution is 2.35. The Bertz CT molecular complexity index is 449. The summed E-state index contributed by atoms with van der Waals surface area (Å²) >= 11 is 0. The molecule has 1 nitrogen and oxygen atoms in total. The van der Waals surface area contributed by atoms with Crippen molar-refractivity contribution in [1.82, 2.24) is 0 Å². The van der Waals surface area contributed by atoms with Crippen LogP contribution >= 0.6 is 0 Å². The van der Waals surface area contributed by atoms with Crippen molar-refractivity contribution < 1.29 is 0 Å². The highest BCUT2D eigenvalue weighted by molar-refractivity contribution is 5.54. The molecule has 1 heteroatoms. The van der Waals surface area contributed by atoms with Crippen LogP contribution in [0.3, 0.4) is 0 Å². The van der Waals surface area contributed by atoms with Gasteiger partial charge in [0.05, 0.1) is 0 Å². The third-order valence-corrected chi connectivity index (χ3v) is 4.93. The maximum absolute atomic E-state index is 2.53. The topological polar surface area (TPSA) is 3.24 Å². The number of anilines is 1. The van der Waals surface area contributed by atoms with Crippen LogP contribution < -0.4 is 4.90 Å². The fourth-order valence-electron chi connectivity index (χ4n) is 3.18. The Morgan fingerprint density at radius 2 is 1.24 bits per heavy atom. The van der Waals surface area contributed by atoms with Crippen molar-refractivity contribution in [3.05, 3.63) is 29.3 Å². The molecule has 1 aliphatic carbocycles. The second kappa shape index (κ2) is 5.66. The monoisotopic (exact) mass is 287 g/mol. The van der Waals surface area contributed by atoms with Crippen molar-refractivity contribution in [1.29, 1.82) is 0 Å². The third-order valence-electron chi connectivity index (χ3n) is 4.93. The van der Waals surface area contributed by atoms with Crippen LogP contribution in [-0.2, 0) is 10.8 Å². The summed E-state index contributed by atoms with van der Waals surface area (Å²) in [6, 6.07) is 7.96. The molecule has 1 aromatic rings. The van der Waals surface area contributed by atoms with Gasteiger partial charge in [-0.05, 0) is 46.9 Å². The molecule has 0 atom stereocenters. The highest BCUT2D eigenvalue weighted by atomic mass is 15.1. The number of hydrogen-bond acceptors (Lipinski definition) is 1. The predicted molar refractivity (Wildman–Crippen MR) is 94.5 cm³/mol. The number of rotatable bonds is 2. The quantitative estimate of drug-likeness (QED) is 0.678. The van der Waals surface area contributed by atoms with Gasteiger partial charge in [0.25, 0.3) is 0 Å². The molecule has 1 aliphatic rings. The second-order valence-electron chi connectivity index (χ2n) is 8.82. The van der Waals surface area contributed by atoms with E-state index in [1.165, 1.54) is 42.5 Å². The molecule has 2 rings (SSSR count). The molecule has 0 bridgehead atoms. The predicted octanol–water partition coefficient (Wildman–Crippen LogP) is 5.66. The van der Waals surface area contributed by atoms with E-state index in [1.54, 1.807) is 0 Å². The van der Waals surface area contributed by atoms with Gasteiger partial charge in [-0.3, -0.25) is 0 Å². The Kier molecular flexibility index (Phi) is 4.42. The van der Waals surface area contributed by atoms with Crippen LogP contribution in [0.1, 0.15) is 78.4 Å². The molecule has 21 heavy (non-hydrogen) atoms. The molecule has 0 heterocycles. The second-order valence-corrected chi connectivity index (χ2v) is 8.82. The molecule has 0 unspecified atom stereocenters. The van der Waals surface area contributed by atoms with Gasteiger partial charge in [0, 0.05) is 18.8 Å². The van der Waals surface area contributed by atoms with E-state index in [-0.39, 0.29) is 10.8 Å². The van der Waals surface area contributed by atoms with Gasteiger partial charge in [0.2, 0.25) is 0 Å². The fourth-order valence-corrected chi connectivity index (χ4v) is 3.18. The van der Waals surface area contributed by atoms with Gasteiger partial charge in [-0.25, -0.2) is 0 Å². The van der Waals surface area contributed by atoms with Gasteiger partial charge in [-0.2, -0.15) is 0 Å². The molecule has 0 aliphatic heterocycles. The average Bonchev–Trinajstić information content (AvgIpc) is 2.89. The Hall–Kier alpha value is -0.980. The van der Waals surface area contributed by atoms with Gasteiger partial charge in [0.1, 0.15) is 0 Å². The van der Waals surface area contributed by atoms with E-state index < -0.39 is 0 Å². The minimum atomic E-state index is 0.201. The molecule has 1 saturated carbocycles. The largest absolute Gasteiger partial charge is 0.372 e. The van der Waals surface area contributed by atoms with E-state index >= 15 is 0 Å². The molecule has 0 N–H and O–H groups in total. The van der Waals surface area contributed by atoms with Gasteiger partial charge < -0.3 is 4.90 Å². The van der Waals surface area contributed by atoms with Crippen LogP contribution in [0.5, 0.6) is 0 Å². The van der Waals surface area contributed by atoms with Crippen molar-refractivity contribution >= 4 is 5.69 Å². The summed E-state index contributed by atoms with van der Waals surface area (Å²) in [6.07, 6.45) is 5.47. The zero-order chi connectivity index (χ0) is 15.8. The maximum Gasteiger partial charge on any atom is 0.0372 e. The first-order valence-electron chi connectivity index (χ1n) is 8.48. The Labute approximate surface area is 131 Å². The van der Waals surface area contributed by atoms with E-state index in [0.717, 1.165) is 6.04 Å². The van der Waals surface area contributed by atoms with E-state index in [1.807, 2.05) is 0 Å². The van der Waals surface area contributed by atoms with Gasteiger partial charge in [-0.15, -0.1) is 0 Å². The third kappa shape index (κ3) is 3.81. The minimum Gasteiger partial charge on any atom is -0.372 e. The number of benzene rings is 1. The standard InChI is InChI=1S/C20H33N/c1-19(2,3)15-12-16(20(4,5)6)14-18(13-15)21(7)17-10-8-9-11-17/h12-14,17H,8-11H2,1-7H3. The van der Waals surface area contributed by atoms with Crippen molar-refractivity contribution in [2.75, 3.05) is 11.9 Å². The minimum absolute atomic E-state index is 0.201. The first kappa shape index (κ1) is 16.4. The van der Waals surface area contributed by atoms with E-state index in [4.69, 9.17) is 0 Å². The summed E-state index contributed by atoms with van der Waals surface area (Å²) in [7, 11) is 2.28. The maximum atomic E-state index is 2.53. The van der Waals surface area contributed by atoms with E-state index in [9.17, 15) is 0 Å². The lowest BCUT2D eigenvalue weighted by Gasteiger charge is -2.32. The van der Waals surface area contributed by atoms with Crippen LogP contribution in [0, 0.1) is 0 Å². The molecule has 118 valence electrons. The number of hydrogen-bond donors (Lipinski definition) is 0. The lowest BCUT2D eigenvalue weighted by Crippen LogP contribution is -2.29.